The van der Waals surface area contributed by atoms with Gasteiger partial charge in [-0.1, -0.05) is 78.6 Å². The first-order valence-corrected chi connectivity index (χ1v) is 24.5. The lowest BCUT2D eigenvalue weighted by molar-refractivity contribution is -0.137. The third-order valence-corrected chi connectivity index (χ3v) is 16.1. The number of piperidine rings is 1. The van der Waals surface area contributed by atoms with E-state index in [9.17, 15) is 37.2 Å². The van der Waals surface area contributed by atoms with E-state index in [1.54, 1.807) is 48.5 Å². The average Bonchev–Trinajstić information content (AvgIpc) is 3.87. The highest BCUT2D eigenvalue weighted by Gasteiger charge is 2.72. The van der Waals surface area contributed by atoms with Gasteiger partial charge in [-0.3, -0.25) is 44.1 Å². The second-order valence-corrected chi connectivity index (χ2v) is 20.6. The topological polar surface area (TPSA) is 200 Å². The normalized spacial score (nSPS) is 26.8. The number of halogens is 3. The summed E-state index contributed by atoms with van der Waals surface area (Å²) in [6.07, 6.45) is 5.29. The Morgan fingerprint density at radius 3 is 2.42 bits per heavy atom. The molecule has 6 amide bonds. The molecule has 4 heterocycles. The summed E-state index contributed by atoms with van der Waals surface area (Å²) in [6.45, 7) is 0.123. The van der Waals surface area contributed by atoms with E-state index in [-0.39, 0.29) is 60.2 Å². The van der Waals surface area contributed by atoms with Crippen molar-refractivity contribution in [2.24, 2.45) is 5.92 Å². The number of amides is 6. The molecular formula is C47H47Cl2FN6O8S. The number of benzene rings is 3. The molecule has 0 aromatic heterocycles. The molecule has 5 N–H and O–H groups in total. The van der Waals surface area contributed by atoms with Gasteiger partial charge in [0.2, 0.25) is 39.6 Å². The maximum absolute atomic E-state index is 16.3. The van der Waals surface area contributed by atoms with Crippen LogP contribution in [0.15, 0.2) is 54.6 Å². The summed E-state index contributed by atoms with van der Waals surface area (Å²) >= 11 is 12.8. The number of fused-ring (bicyclic) bond motifs is 4. The molecule has 14 nitrogen and oxygen atoms in total. The molecule has 0 radical (unpaired) electrons. The lowest BCUT2D eigenvalue weighted by atomic mass is 9.55. The minimum absolute atomic E-state index is 0.102. The van der Waals surface area contributed by atoms with Crippen molar-refractivity contribution in [3.05, 3.63) is 98.3 Å². The monoisotopic (exact) mass is 944 g/mol. The second-order valence-electron chi connectivity index (χ2n) is 18.0. The molecule has 4 atom stereocenters. The lowest BCUT2D eigenvalue weighted by Crippen LogP contribution is -2.60. The van der Waals surface area contributed by atoms with E-state index in [4.69, 9.17) is 23.2 Å². The Hall–Kier alpha value is -5.34. The third-order valence-electron chi connectivity index (χ3n) is 14.3. The van der Waals surface area contributed by atoms with Gasteiger partial charge in [-0.2, -0.15) is 0 Å². The van der Waals surface area contributed by atoms with Crippen LogP contribution in [0.2, 0.25) is 10.0 Å². The molecule has 2 saturated carbocycles. The SMILES string of the molecule is O=C1CCC(N2Cc3c(C#CCCS(=O)(=O)NC(=O)C4CCC(NC(=O)[C@@H]5NC6(CCCCC6)[C@@]6(C(=O)Nc7cc(Cl)ccc76)[C@H]5c5cccc(Cl)c5F)CC4)cccc3C2=O)C(=O)N1. The van der Waals surface area contributed by atoms with Gasteiger partial charge in [-0.15, -0.1) is 0 Å². The smallest absolute Gasteiger partial charge is 0.255 e. The van der Waals surface area contributed by atoms with E-state index in [0.717, 1.165) is 19.3 Å². The predicted molar refractivity (Wildman–Crippen MR) is 238 cm³/mol. The van der Waals surface area contributed by atoms with Gasteiger partial charge in [0.25, 0.3) is 5.91 Å². The van der Waals surface area contributed by atoms with Crippen molar-refractivity contribution in [1.29, 1.82) is 0 Å². The van der Waals surface area contributed by atoms with Crippen molar-refractivity contribution in [3.63, 3.8) is 0 Å². The fourth-order valence-electron chi connectivity index (χ4n) is 11.3. The van der Waals surface area contributed by atoms with Crippen LogP contribution in [0, 0.1) is 23.6 Å². The van der Waals surface area contributed by atoms with Crippen LogP contribution in [0.25, 0.3) is 0 Å². The molecule has 9 rings (SSSR count). The molecular weight excluding hydrogens is 899 g/mol. The number of hydrogen-bond acceptors (Lipinski definition) is 9. The molecule has 2 spiro atoms. The van der Waals surface area contributed by atoms with Gasteiger partial charge in [0.15, 0.2) is 0 Å². The Labute approximate surface area is 385 Å². The van der Waals surface area contributed by atoms with Gasteiger partial charge in [0.1, 0.15) is 17.3 Å². The van der Waals surface area contributed by atoms with E-state index in [1.165, 1.54) is 11.0 Å². The van der Waals surface area contributed by atoms with Crippen molar-refractivity contribution < 1.29 is 41.6 Å². The van der Waals surface area contributed by atoms with Crippen molar-refractivity contribution in [2.75, 3.05) is 11.1 Å². The van der Waals surface area contributed by atoms with Gasteiger partial charge in [-0.05, 0) is 92.0 Å². The van der Waals surface area contributed by atoms with E-state index < -0.39 is 74.2 Å². The fraction of sp³-hybridized carbons (Fsp3) is 0.447. The van der Waals surface area contributed by atoms with Crippen LogP contribution in [0.1, 0.15) is 116 Å². The first-order valence-electron chi connectivity index (χ1n) is 22.1. The van der Waals surface area contributed by atoms with Crippen molar-refractivity contribution in [2.45, 2.75) is 119 Å². The van der Waals surface area contributed by atoms with Gasteiger partial charge in [-0.25, -0.2) is 12.8 Å². The molecule has 18 heteroatoms. The highest BCUT2D eigenvalue weighted by Crippen LogP contribution is 2.63. The Bertz CT molecular complexity index is 2710. The van der Waals surface area contributed by atoms with E-state index >= 15 is 4.39 Å². The van der Waals surface area contributed by atoms with Crippen LogP contribution in [-0.4, -0.2) is 78.2 Å². The first-order chi connectivity index (χ1) is 31.1. The van der Waals surface area contributed by atoms with Crippen LogP contribution in [-0.2, 0) is 46.0 Å². The van der Waals surface area contributed by atoms with Crippen molar-refractivity contribution >= 4 is 74.4 Å². The summed E-state index contributed by atoms with van der Waals surface area (Å²) in [5.41, 5.74) is 0.553. The number of carbonyl (C=O) groups is 6. The number of anilines is 1. The molecule has 2 saturated heterocycles. The quantitative estimate of drug-likeness (QED) is 0.151. The maximum Gasteiger partial charge on any atom is 0.255 e. The highest BCUT2D eigenvalue weighted by molar-refractivity contribution is 7.90. The maximum atomic E-state index is 16.3. The third kappa shape index (κ3) is 7.98. The van der Waals surface area contributed by atoms with Gasteiger partial charge in [0, 0.05) is 64.6 Å². The molecule has 6 aliphatic rings. The zero-order valence-corrected chi connectivity index (χ0v) is 37.6. The summed E-state index contributed by atoms with van der Waals surface area (Å²) < 4.78 is 44.6. The summed E-state index contributed by atoms with van der Waals surface area (Å²) in [7, 11) is -4.07. The lowest BCUT2D eigenvalue weighted by Gasteiger charge is -2.47. The molecule has 2 aliphatic carbocycles. The molecule has 3 aromatic rings. The fourth-order valence-corrected chi connectivity index (χ4v) is 12.6. The van der Waals surface area contributed by atoms with Crippen molar-refractivity contribution in [1.82, 2.24) is 25.6 Å². The Morgan fingerprint density at radius 1 is 0.908 bits per heavy atom. The van der Waals surface area contributed by atoms with E-state index in [2.05, 4.69) is 37.8 Å². The van der Waals surface area contributed by atoms with Crippen LogP contribution < -0.4 is 26.0 Å². The Kier molecular flexibility index (Phi) is 12.1. The second kappa shape index (κ2) is 17.5. The number of imide groups is 1. The number of rotatable bonds is 8. The number of nitrogens with zero attached hydrogens (tertiary/aromatic N) is 1. The summed E-state index contributed by atoms with van der Waals surface area (Å²) in [5, 5.41) is 12.4. The minimum atomic E-state index is -4.07. The zero-order valence-electron chi connectivity index (χ0n) is 35.2. The van der Waals surface area contributed by atoms with E-state index in [1.807, 2.05) is 0 Å². The predicted octanol–water partition coefficient (Wildman–Crippen LogP) is 5.10. The van der Waals surface area contributed by atoms with Crippen LogP contribution in [0.5, 0.6) is 0 Å². The number of hydrogen-bond donors (Lipinski definition) is 5. The standard InChI is InChI=1S/C47H47Cl2FN6O8S/c48-28-15-18-33-35(24-28)52-45(62)47(33)38(31-11-7-12-34(49)39(31)50)40(54-46(47)21-3-1-4-22-46)43(60)51-29-16-13-27(14-17-29)41(58)55-65(63,64)23-5-2-8-26-9-6-10-30-32(26)25-56(44(30)61)36-19-20-37(57)53-42(36)59/h6-7,9-12,15,18,24,27,29,36,38,40,54H,1,3-5,13-14,16-17,19-23,25H2,(H,51,60)(H,52,62)(H,55,58)(H,53,57,59)/t27?,29?,36?,38-,40+,47+/m0/s1. The molecule has 1 unspecified atom stereocenters. The minimum Gasteiger partial charge on any atom is -0.352 e. The molecule has 65 heavy (non-hydrogen) atoms. The zero-order chi connectivity index (χ0) is 45.8. The molecule has 4 aliphatic heterocycles. The van der Waals surface area contributed by atoms with Crippen LogP contribution in [0.4, 0.5) is 10.1 Å². The van der Waals surface area contributed by atoms with E-state index in [0.29, 0.717) is 71.5 Å². The summed E-state index contributed by atoms with van der Waals surface area (Å²) in [6, 6.07) is 12.6. The van der Waals surface area contributed by atoms with Crippen LogP contribution >= 0.6 is 23.2 Å². The van der Waals surface area contributed by atoms with Gasteiger partial charge < -0.3 is 15.5 Å². The number of sulfonamides is 1. The highest BCUT2D eigenvalue weighted by atomic mass is 35.5. The molecule has 340 valence electrons. The Morgan fingerprint density at radius 2 is 1.66 bits per heavy atom. The summed E-state index contributed by atoms with van der Waals surface area (Å²) in [5.74, 6) is 0.364. The number of carbonyl (C=O) groups excluding carboxylic acids is 6. The summed E-state index contributed by atoms with van der Waals surface area (Å²) in [4.78, 5) is 81.2. The molecule has 4 fully saturated rings. The van der Waals surface area contributed by atoms with Gasteiger partial charge >= 0.3 is 0 Å². The van der Waals surface area contributed by atoms with Gasteiger partial charge in [0.05, 0.1) is 16.8 Å². The number of nitrogens with one attached hydrogen (secondary N) is 5. The molecule has 3 aromatic carbocycles. The van der Waals surface area contributed by atoms with Crippen LogP contribution in [0.3, 0.4) is 0 Å². The largest absolute Gasteiger partial charge is 0.352 e. The van der Waals surface area contributed by atoms with Crippen molar-refractivity contribution in [3.8, 4) is 11.8 Å². The average molecular weight is 946 g/mol. The molecule has 0 bridgehead atoms. The first kappa shape index (κ1) is 44.8. The Balaban J connectivity index is 0.841.